The van der Waals surface area contributed by atoms with Gasteiger partial charge >= 0.3 is 5.97 Å². The Morgan fingerprint density at radius 2 is 2.30 bits per heavy atom. The number of methoxy groups -OCH3 is 1. The molecule has 0 aromatic rings. The molecule has 0 heterocycles. The summed E-state index contributed by atoms with van der Waals surface area (Å²) in [5, 5.41) is 6.63. The molecule has 0 amide bonds. The van der Waals surface area contributed by atoms with Crippen molar-refractivity contribution in [3.63, 3.8) is 0 Å². The Labute approximate surface area is 73.8 Å². The lowest BCUT2D eigenvalue weighted by Gasteiger charge is -1.95. The van der Waals surface area contributed by atoms with Crippen molar-refractivity contribution in [2.75, 3.05) is 12.9 Å². The zero-order valence-corrected chi connectivity index (χ0v) is 7.95. The van der Waals surface area contributed by atoms with Gasteiger partial charge in [-0.1, -0.05) is 11.8 Å². The van der Waals surface area contributed by atoms with Gasteiger partial charge in [-0.05, 0) is 0 Å². The van der Waals surface area contributed by atoms with Crippen molar-refractivity contribution in [1.29, 1.82) is 5.41 Å². The van der Waals surface area contributed by atoms with E-state index in [-0.39, 0.29) is 33.9 Å². The minimum absolute atomic E-state index is 0. The Balaban J connectivity index is 0. The fraction of sp³-hybridized carbons (Fsp3) is 0.500. The summed E-state index contributed by atoms with van der Waals surface area (Å²) in [6.45, 7) is 0. The van der Waals surface area contributed by atoms with E-state index in [0.717, 1.165) is 11.8 Å². The van der Waals surface area contributed by atoms with Crippen molar-refractivity contribution in [2.45, 2.75) is 0 Å². The molecule has 6 heteroatoms. The van der Waals surface area contributed by atoms with Gasteiger partial charge in [-0.2, -0.15) is 0 Å². The zero-order chi connectivity index (χ0) is 7.28. The molecular formula is C4H9BrN2O2S. The molecule has 0 aromatic carbocycles. The van der Waals surface area contributed by atoms with Crippen molar-refractivity contribution in [2.24, 2.45) is 5.73 Å². The van der Waals surface area contributed by atoms with Crippen molar-refractivity contribution in [3.8, 4) is 0 Å². The van der Waals surface area contributed by atoms with E-state index in [1.165, 1.54) is 7.11 Å². The Bertz CT molecular complexity index is 130. The molecule has 0 aliphatic carbocycles. The minimum Gasteiger partial charge on any atom is -0.468 e. The molecule has 0 radical (unpaired) electrons. The molecule has 0 aromatic heterocycles. The summed E-state index contributed by atoms with van der Waals surface area (Å²) in [6, 6.07) is 0. The summed E-state index contributed by atoms with van der Waals surface area (Å²) in [6.07, 6.45) is 0. The van der Waals surface area contributed by atoms with Crippen LogP contribution in [0.1, 0.15) is 0 Å². The van der Waals surface area contributed by atoms with Crippen molar-refractivity contribution in [1.82, 2.24) is 0 Å². The van der Waals surface area contributed by atoms with E-state index in [4.69, 9.17) is 11.1 Å². The summed E-state index contributed by atoms with van der Waals surface area (Å²) >= 11 is 0.951. The largest absolute Gasteiger partial charge is 0.468 e. The van der Waals surface area contributed by atoms with E-state index >= 15 is 0 Å². The molecule has 0 bridgehead atoms. The second-order valence-electron chi connectivity index (χ2n) is 1.23. The van der Waals surface area contributed by atoms with Gasteiger partial charge in [0.15, 0.2) is 5.17 Å². The maximum absolute atomic E-state index is 10.3. The van der Waals surface area contributed by atoms with Crippen LogP contribution in [0.5, 0.6) is 0 Å². The van der Waals surface area contributed by atoms with E-state index in [1.54, 1.807) is 0 Å². The molecule has 10 heavy (non-hydrogen) atoms. The first-order valence-corrected chi connectivity index (χ1v) is 3.19. The highest BCUT2D eigenvalue weighted by Crippen LogP contribution is 1.96. The summed E-state index contributed by atoms with van der Waals surface area (Å²) in [5.74, 6) is -0.249. The van der Waals surface area contributed by atoms with Gasteiger partial charge in [0.2, 0.25) is 0 Å². The number of carbonyl (C=O) groups excluding carboxylic acids is 1. The maximum Gasteiger partial charge on any atom is 0.316 e. The van der Waals surface area contributed by atoms with Gasteiger partial charge in [-0.25, -0.2) is 0 Å². The van der Waals surface area contributed by atoms with Gasteiger partial charge in [0.25, 0.3) is 0 Å². The lowest BCUT2D eigenvalue weighted by atomic mass is 10.8. The van der Waals surface area contributed by atoms with Gasteiger partial charge in [-0.3, -0.25) is 10.2 Å². The Hall–Kier alpha value is -0.230. The second-order valence-corrected chi connectivity index (χ2v) is 2.25. The molecule has 0 aliphatic rings. The van der Waals surface area contributed by atoms with Crippen molar-refractivity contribution >= 4 is 39.9 Å². The summed E-state index contributed by atoms with van der Waals surface area (Å²) < 4.78 is 4.29. The number of thioether (sulfide) groups is 1. The van der Waals surface area contributed by atoms with E-state index in [2.05, 4.69) is 4.74 Å². The van der Waals surface area contributed by atoms with Crippen LogP contribution in [0.4, 0.5) is 0 Å². The number of amidine groups is 1. The number of carbonyl (C=O) groups is 1. The average molecular weight is 229 g/mol. The monoisotopic (exact) mass is 228 g/mol. The van der Waals surface area contributed by atoms with Crippen LogP contribution in [0.3, 0.4) is 0 Å². The lowest BCUT2D eigenvalue weighted by molar-refractivity contribution is -0.137. The summed E-state index contributed by atoms with van der Waals surface area (Å²) in [7, 11) is 1.29. The number of rotatable bonds is 2. The number of esters is 1. The van der Waals surface area contributed by atoms with E-state index in [9.17, 15) is 4.79 Å². The van der Waals surface area contributed by atoms with Crippen LogP contribution in [0, 0.1) is 5.41 Å². The quantitative estimate of drug-likeness (QED) is 0.407. The topological polar surface area (TPSA) is 76.2 Å². The average Bonchev–Trinajstić information content (AvgIpc) is 1.83. The number of nitrogens with one attached hydrogen (secondary N) is 1. The fourth-order valence-corrected chi connectivity index (χ4v) is 0.587. The van der Waals surface area contributed by atoms with Crippen LogP contribution in [0.25, 0.3) is 0 Å². The van der Waals surface area contributed by atoms with Crippen LogP contribution >= 0.6 is 28.7 Å². The summed E-state index contributed by atoms with van der Waals surface area (Å²) in [4.78, 5) is 10.3. The molecule has 0 atom stereocenters. The molecule has 0 fully saturated rings. The van der Waals surface area contributed by atoms with Crippen molar-refractivity contribution < 1.29 is 9.53 Å². The SMILES string of the molecule is Br.COC(=O)CSC(=N)N. The Morgan fingerprint density at radius 1 is 1.80 bits per heavy atom. The zero-order valence-electron chi connectivity index (χ0n) is 5.42. The first-order chi connectivity index (χ1) is 4.16. The molecule has 0 rings (SSSR count). The van der Waals surface area contributed by atoms with Crippen LogP contribution in [-0.4, -0.2) is 24.0 Å². The molecular weight excluding hydrogens is 220 g/mol. The molecule has 60 valence electrons. The standard InChI is InChI=1S/C4H8N2O2S.BrH/c1-8-3(7)2-9-4(5)6;/h2H2,1H3,(H3,5,6);1H. The van der Waals surface area contributed by atoms with Gasteiger partial charge in [-0.15, -0.1) is 17.0 Å². The smallest absolute Gasteiger partial charge is 0.316 e. The highest BCUT2D eigenvalue weighted by atomic mass is 79.9. The van der Waals surface area contributed by atoms with Gasteiger partial charge in [0.05, 0.1) is 12.9 Å². The Kier molecular flexibility index (Phi) is 8.57. The normalized spacial score (nSPS) is 7.70. The maximum atomic E-state index is 10.3. The molecule has 0 unspecified atom stereocenters. The molecule has 0 aliphatic heterocycles. The lowest BCUT2D eigenvalue weighted by Crippen LogP contribution is -2.10. The first-order valence-electron chi connectivity index (χ1n) is 2.20. The van der Waals surface area contributed by atoms with Gasteiger partial charge in [0, 0.05) is 0 Å². The highest BCUT2D eigenvalue weighted by molar-refractivity contribution is 8.93. The summed E-state index contributed by atoms with van der Waals surface area (Å²) in [5.41, 5.74) is 4.93. The predicted molar refractivity (Wildman–Crippen MR) is 46.7 cm³/mol. The fourth-order valence-electron chi connectivity index (χ4n) is 0.196. The number of halogens is 1. The van der Waals surface area contributed by atoms with Crippen LogP contribution < -0.4 is 5.73 Å². The highest BCUT2D eigenvalue weighted by Gasteiger charge is 1.99. The van der Waals surface area contributed by atoms with Crippen LogP contribution in [0.2, 0.25) is 0 Å². The van der Waals surface area contributed by atoms with E-state index in [0.29, 0.717) is 0 Å². The van der Waals surface area contributed by atoms with Crippen LogP contribution in [-0.2, 0) is 9.53 Å². The molecule has 0 saturated heterocycles. The molecule has 4 nitrogen and oxygen atoms in total. The minimum atomic E-state index is -0.366. The van der Waals surface area contributed by atoms with E-state index in [1.807, 2.05) is 0 Å². The van der Waals surface area contributed by atoms with Crippen molar-refractivity contribution in [3.05, 3.63) is 0 Å². The number of ether oxygens (including phenoxy) is 1. The van der Waals surface area contributed by atoms with E-state index < -0.39 is 0 Å². The predicted octanol–water partition coefficient (Wildman–Crippen LogP) is 0.364. The molecule has 0 saturated carbocycles. The second kappa shape index (κ2) is 6.88. The number of nitrogens with two attached hydrogens (primary N) is 1. The number of hydrogen-bond donors (Lipinski definition) is 2. The molecule has 3 N–H and O–H groups in total. The van der Waals surface area contributed by atoms with Gasteiger partial charge in [0.1, 0.15) is 0 Å². The third kappa shape index (κ3) is 7.77. The third-order valence-electron chi connectivity index (χ3n) is 0.573. The third-order valence-corrected chi connectivity index (χ3v) is 1.26. The molecule has 0 spiro atoms. The Morgan fingerprint density at radius 3 is 2.60 bits per heavy atom. The first kappa shape index (κ1) is 12.4. The van der Waals surface area contributed by atoms with Gasteiger partial charge < -0.3 is 10.5 Å². The van der Waals surface area contributed by atoms with Crippen LogP contribution in [0.15, 0.2) is 0 Å². The number of hydrogen-bond acceptors (Lipinski definition) is 4.